The molecule has 0 aromatic heterocycles. The van der Waals surface area contributed by atoms with Crippen molar-refractivity contribution in [2.75, 3.05) is 20.2 Å². The van der Waals surface area contributed by atoms with Gasteiger partial charge in [-0.2, -0.15) is 0 Å². The van der Waals surface area contributed by atoms with Crippen molar-refractivity contribution >= 4 is 5.97 Å². The Hall–Kier alpha value is -0.610. The molecule has 0 aromatic rings. The quantitative estimate of drug-likeness (QED) is 0.734. The number of esters is 1. The highest BCUT2D eigenvalue weighted by Gasteiger charge is 2.39. The van der Waals surface area contributed by atoms with Gasteiger partial charge in [-0.3, -0.25) is 10.1 Å². The molecule has 1 aliphatic rings. The number of nitrogens with one attached hydrogen (secondary N) is 1. The van der Waals surface area contributed by atoms with Gasteiger partial charge in [-0.25, -0.2) is 0 Å². The molecule has 4 heteroatoms. The van der Waals surface area contributed by atoms with Crippen LogP contribution in [0, 0.1) is 11.8 Å². The number of rotatable bonds is 7. The van der Waals surface area contributed by atoms with Gasteiger partial charge in [-0.05, 0) is 58.9 Å². The van der Waals surface area contributed by atoms with E-state index in [0.29, 0.717) is 6.04 Å². The molecule has 0 spiro atoms. The summed E-state index contributed by atoms with van der Waals surface area (Å²) in [5, 5.41) is 3.39. The van der Waals surface area contributed by atoms with Crippen molar-refractivity contribution in [3.8, 4) is 0 Å². The molecule has 0 saturated carbocycles. The summed E-state index contributed by atoms with van der Waals surface area (Å²) in [6.07, 6.45) is 2.05. The van der Waals surface area contributed by atoms with Gasteiger partial charge < -0.3 is 9.64 Å². The summed E-state index contributed by atoms with van der Waals surface area (Å²) >= 11 is 0. The fraction of sp³-hybridized carbons (Fsp3) is 0.941. The predicted molar refractivity (Wildman–Crippen MR) is 87.3 cm³/mol. The summed E-state index contributed by atoms with van der Waals surface area (Å²) in [6, 6.07) is 0.632. The average molecular weight is 298 g/mol. The van der Waals surface area contributed by atoms with E-state index in [-0.39, 0.29) is 12.0 Å². The molecule has 1 rings (SSSR count). The highest BCUT2D eigenvalue weighted by molar-refractivity contribution is 5.80. The Morgan fingerprint density at radius 3 is 2.38 bits per heavy atom. The number of hydrogen-bond donors (Lipinski definition) is 1. The van der Waals surface area contributed by atoms with E-state index >= 15 is 0 Å². The van der Waals surface area contributed by atoms with Gasteiger partial charge >= 0.3 is 5.97 Å². The second-order valence-electron chi connectivity index (χ2n) is 7.46. The van der Waals surface area contributed by atoms with Crippen LogP contribution < -0.4 is 5.32 Å². The molecule has 1 heterocycles. The van der Waals surface area contributed by atoms with E-state index in [2.05, 4.69) is 44.8 Å². The number of likely N-dealkylation sites (tertiary alicyclic amines) is 1. The minimum absolute atomic E-state index is 0.164. The molecule has 0 radical (unpaired) electrons. The van der Waals surface area contributed by atoms with Gasteiger partial charge in [0.1, 0.15) is 5.54 Å². The fourth-order valence-electron chi connectivity index (χ4n) is 3.54. The number of nitrogens with zero attached hydrogens (tertiary/aromatic N) is 1. The van der Waals surface area contributed by atoms with Crippen molar-refractivity contribution in [1.82, 2.24) is 10.2 Å². The summed E-state index contributed by atoms with van der Waals surface area (Å²) < 4.78 is 5.02. The highest BCUT2D eigenvalue weighted by atomic mass is 16.5. The van der Waals surface area contributed by atoms with Crippen molar-refractivity contribution in [1.29, 1.82) is 0 Å². The van der Waals surface area contributed by atoms with Crippen LogP contribution in [0.2, 0.25) is 0 Å². The van der Waals surface area contributed by atoms with Crippen LogP contribution in [0.3, 0.4) is 0 Å². The third kappa shape index (κ3) is 4.96. The molecule has 21 heavy (non-hydrogen) atoms. The van der Waals surface area contributed by atoms with Gasteiger partial charge in [-0.15, -0.1) is 0 Å². The minimum Gasteiger partial charge on any atom is -0.468 e. The molecule has 4 nitrogen and oxygen atoms in total. The van der Waals surface area contributed by atoms with Crippen molar-refractivity contribution in [2.45, 2.75) is 72.0 Å². The van der Waals surface area contributed by atoms with E-state index in [1.54, 1.807) is 0 Å². The Morgan fingerprint density at radius 1 is 1.33 bits per heavy atom. The largest absolute Gasteiger partial charge is 0.468 e. The Kier molecular flexibility index (Phi) is 6.67. The van der Waals surface area contributed by atoms with Crippen LogP contribution in [-0.4, -0.2) is 48.7 Å². The number of methoxy groups -OCH3 is 1. The zero-order valence-electron chi connectivity index (χ0n) is 14.9. The number of carbonyl (C=O) groups excluding carboxylic acids is 1. The summed E-state index contributed by atoms with van der Waals surface area (Å²) in [5.41, 5.74) is -0.613. The molecule has 124 valence electrons. The first-order chi connectivity index (χ1) is 9.69. The van der Waals surface area contributed by atoms with Gasteiger partial charge in [0, 0.05) is 18.6 Å². The smallest absolute Gasteiger partial charge is 0.325 e. The lowest BCUT2D eigenvalue weighted by Crippen LogP contribution is -2.56. The second-order valence-corrected chi connectivity index (χ2v) is 7.46. The van der Waals surface area contributed by atoms with Crippen LogP contribution in [0.25, 0.3) is 0 Å². The first-order valence-corrected chi connectivity index (χ1v) is 8.29. The molecule has 0 amide bonds. The summed E-state index contributed by atoms with van der Waals surface area (Å²) in [5.74, 6) is 1.36. The lowest BCUT2D eigenvalue weighted by Gasteiger charge is -2.35. The molecule has 0 aliphatic carbocycles. The lowest BCUT2D eigenvalue weighted by atomic mass is 9.91. The lowest BCUT2D eigenvalue weighted by molar-refractivity contribution is -0.149. The molecule has 1 fully saturated rings. The van der Waals surface area contributed by atoms with Gasteiger partial charge in [-0.1, -0.05) is 13.8 Å². The molecule has 3 unspecified atom stereocenters. The number of hydrogen-bond acceptors (Lipinski definition) is 4. The van der Waals surface area contributed by atoms with Crippen LogP contribution in [0.4, 0.5) is 0 Å². The average Bonchev–Trinajstić information content (AvgIpc) is 2.86. The topological polar surface area (TPSA) is 41.6 Å². The zero-order valence-corrected chi connectivity index (χ0v) is 14.9. The van der Waals surface area contributed by atoms with Crippen molar-refractivity contribution in [3.63, 3.8) is 0 Å². The molecule has 0 bridgehead atoms. The molecule has 1 saturated heterocycles. The number of carbonyl (C=O) groups is 1. The van der Waals surface area contributed by atoms with E-state index in [9.17, 15) is 4.79 Å². The van der Waals surface area contributed by atoms with Crippen molar-refractivity contribution < 1.29 is 9.53 Å². The van der Waals surface area contributed by atoms with Crippen LogP contribution in [0.15, 0.2) is 0 Å². The van der Waals surface area contributed by atoms with Crippen molar-refractivity contribution in [2.24, 2.45) is 11.8 Å². The van der Waals surface area contributed by atoms with Crippen LogP contribution in [-0.2, 0) is 9.53 Å². The normalized spacial score (nSPS) is 24.3. The Labute approximate surface area is 130 Å². The molecule has 1 aliphatic heterocycles. The van der Waals surface area contributed by atoms with Crippen LogP contribution >= 0.6 is 0 Å². The second kappa shape index (κ2) is 7.59. The zero-order chi connectivity index (χ0) is 16.2. The Morgan fingerprint density at radius 2 is 1.95 bits per heavy atom. The van der Waals surface area contributed by atoms with Gasteiger partial charge in [0.05, 0.1) is 7.11 Å². The van der Waals surface area contributed by atoms with E-state index in [0.717, 1.165) is 31.3 Å². The van der Waals surface area contributed by atoms with Gasteiger partial charge in [0.25, 0.3) is 0 Å². The van der Waals surface area contributed by atoms with E-state index in [4.69, 9.17) is 4.74 Å². The first kappa shape index (κ1) is 18.4. The molecular weight excluding hydrogens is 264 g/mol. The molecular formula is C17H34N2O2. The van der Waals surface area contributed by atoms with Crippen LogP contribution in [0.5, 0.6) is 0 Å². The van der Waals surface area contributed by atoms with Crippen molar-refractivity contribution in [3.05, 3.63) is 0 Å². The minimum atomic E-state index is -0.613. The van der Waals surface area contributed by atoms with Gasteiger partial charge in [0.2, 0.25) is 0 Å². The Balaban J connectivity index is 2.68. The summed E-state index contributed by atoms with van der Waals surface area (Å²) in [6.45, 7) is 15.2. The summed E-state index contributed by atoms with van der Waals surface area (Å²) in [7, 11) is 1.47. The van der Waals surface area contributed by atoms with E-state index < -0.39 is 5.54 Å². The van der Waals surface area contributed by atoms with E-state index in [1.165, 1.54) is 13.5 Å². The van der Waals surface area contributed by atoms with Gasteiger partial charge in [0.15, 0.2) is 0 Å². The number of ether oxygens (including phenoxy) is 1. The van der Waals surface area contributed by atoms with E-state index in [1.807, 2.05) is 6.92 Å². The predicted octanol–water partition coefficient (Wildman–Crippen LogP) is 2.67. The standard InChI is InChI=1S/C17H34N2O2/c1-12(2)15-8-9-19(11-15)14(5)10-17(6,16(20)21-7)18-13(3)4/h12-15,18H,8-11H2,1-7H3. The summed E-state index contributed by atoms with van der Waals surface area (Å²) in [4.78, 5) is 14.7. The maximum Gasteiger partial charge on any atom is 0.325 e. The Bertz CT molecular complexity index is 344. The van der Waals surface area contributed by atoms with Crippen LogP contribution in [0.1, 0.15) is 54.4 Å². The maximum atomic E-state index is 12.2. The molecule has 1 N–H and O–H groups in total. The maximum absolute atomic E-state index is 12.2. The highest BCUT2D eigenvalue weighted by Crippen LogP contribution is 2.28. The third-order valence-corrected chi connectivity index (χ3v) is 4.77. The molecule has 0 aromatic carbocycles. The fourth-order valence-corrected chi connectivity index (χ4v) is 3.54. The third-order valence-electron chi connectivity index (χ3n) is 4.77. The molecule has 3 atom stereocenters. The first-order valence-electron chi connectivity index (χ1n) is 8.29. The monoisotopic (exact) mass is 298 g/mol. The SMILES string of the molecule is COC(=O)C(C)(CC(C)N1CCC(C(C)C)C1)NC(C)C.